The molecule has 3 aromatic carbocycles. The maximum absolute atomic E-state index is 2.74. The van der Waals surface area contributed by atoms with E-state index in [1.54, 1.807) is 0 Å². The van der Waals surface area contributed by atoms with Crippen LogP contribution in [0.5, 0.6) is 0 Å². The molecule has 0 nitrogen and oxygen atoms in total. The van der Waals surface area contributed by atoms with Crippen LogP contribution in [0.3, 0.4) is 0 Å². The average molecular weight is 304 g/mol. The van der Waals surface area contributed by atoms with Gasteiger partial charge >= 0.3 is 0 Å². The first-order valence-electron chi connectivity index (χ1n) is 7.58. The van der Waals surface area contributed by atoms with Gasteiger partial charge in [-0.3, -0.25) is 0 Å². The maximum atomic E-state index is 2.74. The second-order valence-electron chi connectivity index (χ2n) is 6.01. The van der Waals surface area contributed by atoms with Crippen LogP contribution in [0, 0.1) is 20.8 Å². The SMILES string of the molecule is Cc1cc(-c2ccc(P)cc2)cc(-c2ccc(C)c(C)c2)c1. The lowest BCUT2D eigenvalue weighted by Gasteiger charge is -2.10. The van der Waals surface area contributed by atoms with Gasteiger partial charge in [-0.1, -0.05) is 54.6 Å². The van der Waals surface area contributed by atoms with Crippen LogP contribution < -0.4 is 5.30 Å². The molecule has 0 aromatic heterocycles. The molecule has 0 radical (unpaired) electrons. The lowest BCUT2D eigenvalue weighted by atomic mass is 9.95. The van der Waals surface area contributed by atoms with Crippen molar-refractivity contribution in [2.75, 3.05) is 0 Å². The number of benzene rings is 3. The minimum absolute atomic E-state index is 1.21. The van der Waals surface area contributed by atoms with E-state index in [-0.39, 0.29) is 0 Å². The normalized spacial score (nSPS) is 10.7. The van der Waals surface area contributed by atoms with Gasteiger partial charge in [0.1, 0.15) is 0 Å². The molecule has 1 heteroatoms. The summed E-state index contributed by atoms with van der Waals surface area (Å²) in [5.74, 6) is 0. The van der Waals surface area contributed by atoms with E-state index in [1.807, 2.05) is 0 Å². The third kappa shape index (κ3) is 3.13. The summed E-state index contributed by atoms with van der Waals surface area (Å²) in [6.45, 7) is 6.50. The van der Waals surface area contributed by atoms with Crippen molar-refractivity contribution in [3.05, 3.63) is 77.4 Å². The molecule has 22 heavy (non-hydrogen) atoms. The summed E-state index contributed by atoms with van der Waals surface area (Å²) in [6, 6.07) is 22.1. The van der Waals surface area contributed by atoms with E-state index in [4.69, 9.17) is 0 Å². The van der Waals surface area contributed by atoms with Crippen molar-refractivity contribution in [2.45, 2.75) is 20.8 Å². The topological polar surface area (TPSA) is 0 Å². The summed E-state index contributed by atoms with van der Waals surface area (Å²) in [6.07, 6.45) is 0. The van der Waals surface area contributed by atoms with Gasteiger partial charge in [-0.25, -0.2) is 0 Å². The van der Waals surface area contributed by atoms with Crippen molar-refractivity contribution < 1.29 is 0 Å². The highest BCUT2D eigenvalue weighted by molar-refractivity contribution is 7.27. The molecule has 3 rings (SSSR count). The van der Waals surface area contributed by atoms with Crippen LogP contribution in [0.2, 0.25) is 0 Å². The first kappa shape index (κ1) is 15.0. The van der Waals surface area contributed by atoms with E-state index in [1.165, 1.54) is 44.2 Å². The lowest BCUT2D eigenvalue weighted by molar-refractivity contribution is 1.34. The summed E-state index contributed by atoms with van der Waals surface area (Å²) in [4.78, 5) is 0. The fourth-order valence-corrected chi connectivity index (χ4v) is 2.91. The monoisotopic (exact) mass is 304 g/mol. The summed E-state index contributed by atoms with van der Waals surface area (Å²) in [7, 11) is 2.74. The first-order chi connectivity index (χ1) is 10.5. The van der Waals surface area contributed by atoms with Crippen molar-refractivity contribution in [1.82, 2.24) is 0 Å². The Kier molecular flexibility index (Phi) is 4.14. The highest BCUT2D eigenvalue weighted by atomic mass is 31.0. The van der Waals surface area contributed by atoms with Crippen molar-refractivity contribution in [3.63, 3.8) is 0 Å². The van der Waals surface area contributed by atoms with Gasteiger partial charge in [0.05, 0.1) is 0 Å². The van der Waals surface area contributed by atoms with Gasteiger partial charge in [-0.15, -0.1) is 9.24 Å². The molecule has 0 saturated heterocycles. The van der Waals surface area contributed by atoms with Gasteiger partial charge in [-0.05, 0) is 71.1 Å². The Labute approximate surface area is 135 Å². The quantitative estimate of drug-likeness (QED) is 0.553. The first-order valence-corrected chi connectivity index (χ1v) is 8.16. The Bertz CT molecular complexity index is 814. The summed E-state index contributed by atoms with van der Waals surface area (Å²) in [5.41, 5.74) is 9.09. The molecule has 0 aliphatic heterocycles. The molecule has 0 amide bonds. The van der Waals surface area contributed by atoms with Gasteiger partial charge in [-0.2, -0.15) is 0 Å². The van der Waals surface area contributed by atoms with E-state index in [2.05, 4.69) is 90.7 Å². The largest absolute Gasteiger partial charge is 0.106 e. The van der Waals surface area contributed by atoms with Gasteiger partial charge in [0.25, 0.3) is 0 Å². The zero-order valence-electron chi connectivity index (χ0n) is 13.4. The van der Waals surface area contributed by atoms with Crippen LogP contribution in [0.4, 0.5) is 0 Å². The second kappa shape index (κ2) is 6.07. The molecule has 1 atom stereocenters. The minimum Gasteiger partial charge on any atom is -0.106 e. The molecule has 0 aliphatic rings. The molecule has 110 valence electrons. The lowest BCUT2D eigenvalue weighted by Crippen LogP contribution is -1.90. The summed E-state index contributed by atoms with van der Waals surface area (Å²) >= 11 is 0. The Morgan fingerprint density at radius 3 is 1.77 bits per heavy atom. The number of aryl methyl sites for hydroxylation is 3. The molecule has 0 fully saturated rings. The number of rotatable bonds is 2. The number of hydrogen-bond donors (Lipinski definition) is 0. The minimum atomic E-state index is 1.21. The highest BCUT2D eigenvalue weighted by Gasteiger charge is 2.05. The molecular weight excluding hydrogens is 283 g/mol. The van der Waals surface area contributed by atoms with Crippen LogP contribution in [0.1, 0.15) is 16.7 Å². The van der Waals surface area contributed by atoms with E-state index in [0.717, 1.165) is 0 Å². The fraction of sp³-hybridized carbons (Fsp3) is 0.143. The molecule has 0 N–H and O–H groups in total. The van der Waals surface area contributed by atoms with Gasteiger partial charge in [0, 0.05) is 0 Å². The van der Waals surface area contributed by atoms with E-state index >= 15 is 0 Å². The van der Waals surface area contributed by atoms with E-state index in [0.29, 0.717) is 0 Å². The maximum Gasteiger partial charge on any atom is -0.0175 e. The molecule has 0 aliphatic carbocycles. The van der Waals surface area contributed by atoms with Crippen LogP contribution in [0.25, 0.3) is 22.3 Å². The highest BCUT2D eigenvalue weighted by Crippen LogP contribution is 2.29. The Balaban J connectivity index is 2.09. The van der Waals surface area contributed by atoms with Crippen LogP contribution in [-0.4, -0.2) is 0 Å². The smallest absolute Gasteiger partial charge is 0.0175 e. The van der Waals surface area contributed by atoms with Crippen LogP contribution in [-0.2, 0) is 0 Å². The van der Waals surface area contributed by atoms with Gasteiger partial charge < -0.3 is 0 Å². The van der Waals surface area contributed by atoms with E-state index in [9.17, 15) is 0 Å². The standard InChI is InChI=1S/C21H21P/c1-14-10-19(17-6-8-21(22)9-7-17)13-20(11-14)18-5-4-15(2)16(3)12-18/h4-13H,22H2,1-3H3. The van der Waals surface area contributed by atoms with Crippen molar-refractivity contribution >= 4 is 14.5 Å². The molecule has 0 heterocycles. The second-order valence-corrected chi connectivity index (χ2v) is 6.68. The zero-order chi connectivity index (χ0) is 15.7. The molecule has 0 saturated carbocycles. The Hall–Kier alpha value is -1.91. The summed E-state index contributed by atoms with van der Waals surface area (Å²) < 4.78 is 0. The molecule has 1 unspecified atom stereocenters. The average Bonchev–Trinajstić information content (AvgIpc) is 2.50. The van der Waals surface area contributed by atoms with Crippen molar-refractivity contribution in [3.8, 4) is 22.3 Å². The predicted molar refractivity (Wildman–Crippen MR) is 101 cm³/mol. The van der Waals surface area contributed by atoms with Gasteiger partial charge in [0.2, 0.25) is 0 Å². The van der Waals surface area contributed by atoms with Crippen molar-refractivity contribution in [2.24, 2.45) is 0 Å². The number of hydrogen-bond acceptors (Lipinski definition) is 0. The Morgan fingerprint density at radius 1 is 0.545 bits per heavy atom. The predicted octanol–water partition coefficient (Wildman–Crippen LogP) is 5.45. The summed E-state index contributed by atoms with van der Waals surface area (Å²) in [5, 5.41) is 1.21. The fourth-order valence-electron chi connectivity index (χ4n) is 2.71. The van der Waals surface area contributed by atoms with Crippen LogP contribution >= 0.6 is 9.24 Å². The van der Waals surface area contributed by atoms with E-state index < -0.39 is 0 Å². The molecular formula is C21H21P. The third-order valence-corrected chi connectivity index (χ3v) is 4.55. The molecule has 3 aromatic rings. The third-order valence-electron chi connectivity index (χ3n) is 4.16. The Morgan fingerprint density at radius 2 is 1.14 bits per heavy atom. The zero-order valence-corrected chi connectivity index (χ0v) is 14.5. The van der Waals surface area contributed by atoms with Crippen molar-refractivity contribution in [1.29, 1.82) is 0 Å². The van der Waals surface area contributed by atoms with Crippen LogP contribution in [0.15, 0.2) is 60.7 Å². The molecule has 0 bridgehead atoms. The van der Waals surface area contributed by atoms with Gasteiger partial charge in [0.15, 0.2) is 0 Å². The molecule has 0 spiro atoms.